The van der Waals surface area contributed by atoms with Crippen LogP contribution in [0, 0.1) is 20.8 Å². The molecule has 8 rings (SSSR count). The van der Waals surface area contributed by atoms with Gasteiger partial charge in [-0.3, -0.25) is 23.8 Å². The van der Waals surface area contributed by atoms with Crippen molar-refractivity contribution in [2.75, 3.05) is 13.2 Å². The van der Waals surface area contributed by atoms with Gasteiger partial charge in [0.2, 0.25) is 11.8 Å². The van der Waals surface area contributed by atoms with Crippen molar-refractivity contribution in [3.05, 3.63) is 128 Å². The highest BCUT2D eigenvalue weighted by Crippen LogP contribution is 2.40. The molecule has 3 aromatic carbocycles. The fraction of sp³-hybridized carbons (Fsp3) is 0.347. The summed E-state index contributed by atoms with van der Waals surface area (Å²) in [6.07, 6.45) is 11.1. The number of benzene rings is 3. The number of unbranched alkanes of at least 4 members (excludes halogenated alkanes) is 6. The SMILES string of the molecule is Cc1sc2c(c1C)C(c1ccc(Cl)cc1)=NC(CC(=O)NCc1cn(CCCCCCCCCC(=O)NCCOc3ccc(-c4cc5c(C(=O)O)c[nH]c5cc4Cl)cc3)nn1)c1nnc(C)n1-2. The molecule has 5 heterocycles. The van der Waals surface area contributed by atoms with Gasteiger partial charge in [-0.25, -0.2) is 4.79 Å². The second-order valence-corrected chi connectivity index (χ2v) is 18.7. The maximum atomic E-state index is 13.4. The largest absolute Gasteiger partial charge is 0.492 e. The van der Waals surface area contributed by atoms with Crippen molar-refractivity contribution < 1.29 is 24.2 Å². The quantitative estimate of drug-likeness (QED) is 0.0507. The lowest BCUT2D eigenvalue weighted by molar-refractivity contribution is -0.122. The van der Waals surface area contributed by atoms with Gasteiger partial charge in [-0.2, -0.15) is 0 Å². The summed E-state index contributed by atoms with van der Waals surface area (Å²) < 4.78 is 9.69. The number of aliphatic imine (C=N–C) groups is 1. The van der Waals surface area contributed by atoms with Gasteiger partial charge in [0.1, 0.15) is 34.9 Å². The fourth-order valence-electron chi connectivity index (χ4n) is 8.26. The van der Waals surface area contributed by atoms with Crippen LogP contribution in [-0.4, -0.2) is 76.5 Å². The van der Waals surface area contributed by atoms with Gasteiger partial charge in [-0.1, -0.05) is 84.8 Å². The van der Waals surface area contributed by atoms with Crippen LogP contribution in [0.15, 0.2) is 78.0 Å². The van der Waals surface area contributed by atoms with Crippen LogP contribution in [0.3, 0.4) is 0 Å². The number of ether oxygens (including phenoxy) is 1. The number of nitrogens with zero attached hydrogens (tertiary/aromatic N) is 7. The highest BCUT2D eigenvalue weighted by atomic mass is 35.5. The first-order valence-corrected chi connectivity index (χ1v) is 24.1. The van der Waals surface area contributed by atoms with Crippen molar-refractivity contribution in [3.8, 4) is 21.9 Å². The number of carbonyl (C=O) groups excluding carboxylic acids is 2. The number of thiophene rings is 1. The van der Waals surface area contributed by atoms with Crippen molar-refractivity contribution in [1.82, 2.24) is 45.4 Å². The predicted octanol–water partition coefficient (Wildman–Crippen LogP) is 9.91. The minimum absolute atomic E-state index is 0.0157. The molecule has 7 aromatic rings. The molecule has 4 N–H and O–H groups in total. The van der Waals surface area contributed by atoms with Crippen molar-refractivity contribution in [3.63, 3.8) is 0 Å². The molecular formula is C49H52Cl2N10O5S. The van der Waals surface area contributed by atoms with E-state index in [0.717, 1.165) is 95.8 Å². The molecule has 0 aliphatic carbocycles. The number of fused-ring (bicyclic) bond motifs is 4. The molecule has 0 radical (unpaired) electrons. The normalized spacial score (nSPS) is 13.2. The number of hydrogen-bond donors (Lipinski definition) is 4. The van der Waals surface area contributed by atoms with Crippen LogP contribution in [0.5, 0.6) is 5.75 Å². The highest BCUT2D eigenvalue weighted by molar-refractivity contribution is 7.15. The highest BCUT2D eigenvalue weighted by Gasteiger charge is 2.32. The lowest BCUT2D eigenvalue weighted by Crippen LogP contribution is -2.27. The zero-order valence-electron chi connectivity index (χ0n) is 37.6. The molecule has 1 aliphatic heterocycles. The number of hydrogen-bond acceptors (Lipinski definition) is 10. The van der Waals surface area contributed by atoms with E-state index in [1.54, 1.807) is 23.5 Å². The van der Waals surface area contributed by atoms with Crippen molar-refractivity contribution in [2.45, 2.75) is 97.7 Å². The molecule has 0 spiro atoms. The Labute approximate surface area is 402 Å². The fourth-order valence-corrected chi connectivity index (χ4v) is 9.87. The van der Waals surface area contributed by atoms with E-state index in [0.29, 0.717) is 57.8 Å². The van der Waals surface area contributed by atoms with Gasteiger partial charge in [0.25, 0.3) is 0 Å². The number of carboxylic acid groups (broad SMARTS) is 1. The van der Waals surface area contributed by atoms with Gasteiger partial charge in [0.15, 0.2) is 5.82 Å². The standard InChI is InChI=1S/C49H52Cl2N10O5S/c1-29-30(2)67-48-45(29)46(33-12-16-34(50)17-13-33)55-42(47-58-56-31(3)61(47)48)25-44(63)54-26-35-28-60(59-57-35)21-10-8-6-4-5-7-9-11-43(62)52-20-22-66-36-18-14-32(15-19-36)37-23-38-39(49(64)65)27-53-41(38)24-40(37)51/h12-19,23-24,27-28,42,53H,4-11,20-22,25-26H2,1-3H3,(H,52,62)(H,54,63)(H,64,65). The number of aryl methyl sites for hydroxylation is 3. The average molecular weight is 964 g/mol. The molecule has 0 saturated heterocycles. The summed E-state index contributed by atoms with van der Waals surface area (Å²) in [5.41, 5.74) is 6.97. The number of halogens is 2. The van der Waals surface area contributed by atoms with Crippen LogP contribution >= 0.6 is 34.5 Å². The molecule has 2 amide bonds. The Kier molecular flexibility index (Phi) is 15.1. The number of rotatable bonds is 21. The Morgan fingerprint density at radius 1 is 0.866 bits per heavy atom. The summed E-state index contributed by atoms with van der Waals surface area (Å²) in [5.74, 6) is 0.860. The van der Waals surface area contributed by atoms with E-state index in [1.165, 1.54) is 11.1 Å². The molecule has 348 valence electrons. The van der Waals surface area contributed by atoms with Crippen LogP contribution in [0.2, 0.25) is 10.0 Å². The molecule has 4 aromatic heterocycles. The van der Waals surface area contributed by atoms with E-state index in [4.69, 9.17) is 32.9 Å². The molecule has 1 aliphatic rings. The van der Waals surface area contributed by atoms with E-state index >= 15 is 0 Å². The number of H-pyrrole nitrogens is 1. The lowest BCUT2D eigenvalue weighted by Gasteiger charge is -2.13. The molecule has 0 bridgehead atoms. The first-order valence-electron chi connectivity index (χ1n) is 22.5. The van der Waals surface area contributed by atoms with Gasteiger partial charge >= 0.3 is 5.97 Å². The number of aromatic nitrogens is 7. The van der Waals surface area contributed by atoms with E-state index in [1.807, 2.05) is 70.9 Å². The number of aromatic amines is 1. The van der Waals surface area contributed by atoms with Crippen LogP contribution in [0.25, 0.3) is 27.0 Å². The van der Waals surface area contributed by atoms with Gasteiger partial charge in [-0.15, -0.1) is 26.6 Å². The molecular weight excluding hydrogens is 912 g/mol. The molecule has 1 unspecified atom stereocenters. The smallest absolute Gasteiger partial charge is 0.337 e. The van der Waals surface area contributed by atoms with Crippen LogP contribution in [-0.2, 0) is 22.7 Å². The third-order valence-corrected chi connectivity index (χ3v) is 13.7. The predicted molar refractivity (Wildman–Crippen MR) is 261 cm³/mol. The monoisotopic (exact) mass is 962 g/mol. The summed E-state index contributed by atoms with van der Waals surface area (Å²) in [6, 6.07) is 18.0. The molecule has 18 heteroatoms. The summed E-state index contributed by atoms with van der Waals surface area (Å²) >= 11 is 14.4. The number of aromatic carboxylic acids is 1. The van der Waals surface area contributed by atoms with Crippen molar-refractivity contribution in [1.29, 1.82) is 0 Å². The van der Waals surface area contributed by atoms with Crippen molar-refractivity contribution in [2.24, 2.45) is 4.99 Å². The minimum Gasteiger partial charge on any atom is -0.492 e. The van der Waals surface area contributed by atoms with Crippen LogP contribution in [0.4, 0.5) is 0 Å². The second kappa shape index (κ2) is 21.5. The van der Waals surface area contributed by atoms with E-state index in [2.05, 4.69) is 50.0 Å². The Hall–Kier alpha value is -6.36. The summed E-state index contributed by atoms with van der Waals surface area (Å²) in [7, 11) is 0. The van der Waals surface area contributed by atoms with Gasteiger partial charge < -0.3 is 25.5 Å². The first kappa shape index (κ1) is 47.1. The Morgan fingerprint density at radius 3 is 2.36 bits per heavy atom. The molecule has 15 nitrogen and oxygen atoms in total. The first-order chi connectivity index (χ1) is 32.4. The van der Waals surface area contributed by atoms with Crippen LogP contribution < -0.4 is 15.4 Å². The molecule has 1 atom stereocenters. The third-order valence-electron chi connectivity index (χ3n) is 11.9. The van der Waals surface area contributed by atoms with E-state index in [9.17, 15) is 19.5 Å². The molecule has 0 fully saturated rings. The number of nitrogens with one attached hydrogen (secondary N) is 3. The Morgan fingerprint density at radius 2 is 1.60 bits per heavy atom. The lowest BCUT2D eigenvalue weighted by atomic mass is 9.99. The van der Waals surface area contributed by atoms with Gasteiger partial charge in [0.05, 0.1) is 42.0 Å². The second-order valence-electron chi connectivity index (χ2n) is 16.7. The summed E-state index contributed by atoms with van der Waals surface area (Å²) in [6.45, 7) is 7.86. The molecule has 67 heavy (non-hydrogen) atoms. The number of carboxylic acids is 1. The summed E-state index contributed by atoms with van der Waals surface area (Å²) in [4.78, 5) is 46.7. The zero-order chi connectivity index (χ0) is 47.0. The zero-order valence-corrected chi connectivity index (χ0v) is 39.9. The topological polar surface area (TPSA) is 194 Å². The minimum atomic E-state index is -1.01. The number of carbonyl (C=O) groups is 3. The number of amides is 2. The average Bonchev–Trinajstić information content (AvgIpc) is 4.09. The molecule has 0 saturated carbocycles. The van der Waals surface area contributed by atoms with E-state index < -0.39 is 12.0 Å². The maximum absolute atomic E-state index is 13.4. The Balaban J connectivity index is 0.692. The van der Waals surface area contributed by atoms with Gasteiger partial charge in [0, 0.05) is 56.7 Å². The van der Waals surface area contributed by atoms with Crippen LogP contribution in [0.1, 0.15) is 113 Å². The maximum Gasteiger partial charge on any atom is 0.337 e. The van der Waals surface area contributed by atoms with Gasteiger partial charge in [-0.05, 0) is 81.1 Å². The van der Waals surface area contributed by atoms with E-state index in [-0.39, 0.29) is 30.3 Å². The van der Waals surface area contributed by atoms with Crippen molar-refractivity contribution >= 4 is 68.9 Å². The summed E-state index contributed by atoms with van der Waals surface area (Å²) in [5, 5.41) is 35.6. The Bertz CT molecular complexity index is 2920. The third kappa shape index (κ3) is 11.3.